The van der Waals surface area contributed by atoms with E-state index in [4.69, 9.17) is 0 Å². The van der Waals surface area contributed by atoms with Crippen LogP contribution in [-0.2, 0) is 6.42 Å². The molecule has 2 rings (SSSR count). The van der Waals surface area contributed by atoms with Gasteiger partial charge in [-0.3, -0.25) is 0 Å². The summed E-state index contributed by atoms with van der Waals surface area (Å²) in [7, 11) is 0. The summed E-state index contributed by atoms with van der Waals surface area (Å²) in [6.45, 7) is 1.01. The molecule has 2 N–H and O–H groups in total. The zero-order valence-electron chi connectivity index (χ0n) is 9.73. The van der Waals surface area contributed by atoms with E-state index in [-0.39, 0.29) is 6.10 Å². The van der Waals surface area contributed by atoms with Gasteiger partial charge in [-0.05, 0) is 44.2 Å². The molecule has 0 amide bonds. The van der Waals surface area contributed by atoms with Crippen molar-refractivity contribution in [2.75, 3.05) is 6.54 Å². The Labute approximate surface area is 97.7 Å². The summed E-state index contributed by atoms with van der Waals surface area (Å²) >= 11 is 0. The monoisotopic (exact) mass is 219 g/mol. The van der Waals surface area contributed by atoms with Crippen LogP contribution in [0.5, 0.6) is 0 Å². The Morgan fingerprint density at radius 1 is 1.19 bits per heavy atom. The van der Waals surface area contributed by atoms with Gasteiger partial charge in [-0.15, -0.1) is 0 Å². The number of hydrogen-bond acceptors (Lipinski definition) is 2. The highest BCUT2D eigenvalue weighted by atomic mass is 16.3. The molecule has 0 bridgehead atoms. The first-order valence-electron chi connectivity index (χ1n) is 6.31. The molecular formula is C14H21NO. The summed E-state index contributed by atoms with van der Waals surface area (Å²) in [6, 6.07) is 10.9. The van der Waals surface area contributed by atoms with Gasteiger partial charge in [0.2, 0.25) is 0 Å². The van der Waals surface area contributed by atoms with E-state index in [9.17, 15) is 5.11 Å². The maximum Gasteiger partial charge on any atom is 0.0693 e. The van der Waals surface area contributed by atoms with Crippen molar-refractivity contribution >= 4 is 0 Å². The van der Waals surface area contributed by atoms with Crippen molar-refractivity contribution in [2.45, 2.75) is 44.2 Å². The van der Waals surface area contributed by atoms with Crippen molar-refractivity contribution < 1.29 is 5.11 Å². The molecule has 1 fully saturated rings. The smallest absolute Gasteiger partial charge is 0.0693 e. The van der Waals surface area contributed by atoms with Crippen LogP contribution in [0.2, 0.25) is 0 Å². The van der Waals surface area contributed by atoms with Gasteiger partial charge in [0, 0.05) is 6.04 Å². The van der Waals surface area contributed by atoms with Gasteiger partial charge in [0.15, 0.2) is 0 Å². The second-order valence-electron chi connectivity index (χ2n) is 4.65. The Balaban J connectivity index is 1.62. The molecule has 0 heterocycles. The summed E-state index contributed by atoms with van der Waals surface area (Å²) < 4.78 is 0. The van der Waals surface area contributed by atoms with E-state index in [1.165, 1.54) is 5.56 Å². The van der Waals surface area contributed by atoms with Gasteiger partial charge in [0.1, 0.15) is 0 Å². The third-order valence-corrected chi connectivity index (χ3v) is 3.37. The molecular weight excluding hydrogens is 198 g/mol. The number of hydrogen-bond donors (Lipinski definition) is 2. The fourth-order valence-corrected chi connectivity index (χ4v) is 2.40. The van der Waals surface area contributed by atoms with Crippen molar-refractivity contribution in [1.29, 1.82) is 0 Å². The fraction of sp³-hybridized carbons (Fsp3) is 0.571. The van der Waals surface area contributed by atoms with Gasteiger partial charge in [0.25, 0.3) is 0 Å². The van der Waals surface area contributed by atoms with Crippen LogP contribution in [-0.4, -0.2) is 23.8 Å². The summed E-state index contributed by atoms with van der Waals surface area (Å²) in [5.74, 6) is 0. The molecule has 2 atom stereocenters. The van der Waals surface area contributed by atoms with E-state index in [0.717, 1.165) is 38.6 Å². The van der Waals surface area contributed by atoms with E-state index in [0.29, 0.717) is 6.04 Å². The Morgan fingerprint density at radius 3 is 2.69 bits per heavy atom. The molecule has 1 aliphatic carbocycles. The summed E-state index contributed by atoms with van der Waals surface area (Å²) in [6.07, 6.45) is 5.42. The van der Waals surface area contributed by atoms with Crippen LogP contribution < -0.4 is 5.32 Å². The summed E-state index contributed by atoms with van der Waals surface area (Å²) in [5, 5.41) is 13.1. The van der Waals surface area contributed by atoms with Crippen LogP contribution in [0.25, 0.3) is 0 Å². The second-order valence-corrected chi connectivity index (χ2v) is 4.65. The minimum absolute atomic E-state index is 0.114. The highest BCUT2D eigenvalue weighted by Gasteiger charge is 2.23. The Kier molecular flexibility index (Phi) is 4.37. The van der Waals surface area contributed by atoms with Crippen molar-refractivity contribution in [2.24, 2.45) is 0 Å². The lowest BCUT2D eigenvalue weighted by Crippen LogP contribution is -2.36. The molecule has 1 aromatic carbocycles. The van der Waals surface area contributed by atoms with Crippen LogP contribution in [0, 0.1) is 0 Å². The van der Waals surface area contributed by atoms with Gasteiger partial charge >= 0.3 is 0 Å². The zero-order valence-corrected chi connectivity index (χ0v) is 9.73. The predicted molar refractivity (Wildman–Crippen MR) is 66.4 cm³/mol. The SMILES string of the molecule is OC1CCCC1NCCCc1ccccc1. The number of aliphatic hydroxyl groups excluding tert-OH is 1. The molecule has 16 heavy (non-hydrogen) atoms. The van der Waals surface area contributed by atoms with Crippen LogP contribution in [0.3, 0.4) is 0 Å². The third-order valence-electron chi connectivity index (χ3n) is 3.37. The van der Waals surface area contributed by atoms with E-state index < -0.39 is 0 Å². The van der Waals surface area contributed by atoms with Crippen molar-refractivity contribution in [3.05, 3.63) is 35.9 Å². The van der Waals surface area contributed by atoms with Crippen molar-refractivity contribution in [1.82, 2.24) is 5.32 Å². The maximum atomic E-state index is 9.64. The van der Waals surface area contributed by atoms with Crippen LogP contribution in [0.1, 0.15) is 31.2 Å². The molecule has 2 heteroatoms. The van der Waals surface area contributed by atoms with Gasteiger partial charge in [-0.2, -0.15) is 0 Å². The molecule has 1 saturated carbocycles. The first kappa shape index (κ1) is 11.6. The minimum atomic E-state index is -0.114. The van der Waals surface area contributed by atoms with E-state index in [2.05, 4.69) is 35.6 Å². The minimum Gasteiger partial charge on any atom is -0.392 e. The molecule has 1 aliphatic rings. The Morgan fingerprint density at radius 2 is 2.00 bits per heavy atom. The molecule has 2 unspecified atom stereocenters. The number of rotatable bonds is 5. The van der Waals surface area contributed by atoms with E-state index in [1.807, 2.05) is 0 Å². The van der Waals surface area contributed by atoms with Crippen LogP contribution >= 0.6 is 0 Å². The zero-order chi connectivity index (χ0) is 11.2. The molecule has 0 aliphatic heterocycles. The second kappa shape index (κ2) is 6.02. The number of aliphatic hydroxyl groups is 1. The van der Waals surface area contributed by atoms with Gasteiger partial charge in [0.05, 0.1) is 6.10 Å². The van der Waals surface area contributed by atoms with Crippen molar-refractivity contribution in [3.63, 3.8) is 0 Å². The fourth-order valence-electron chi connectivity index (χ4n) is 2.40. The Hall–Kier alpha value is -0.860. The Bertz CT molecular complexity index is 299. The van der Waals surface area contributed by atoms with E-state index in [1.54, 1.807) is 0 Å². The maximum absolute atomic E-state index is 9.64. The topological polar surface area (TPSA) is 32.3 Å². The predicted octanol–water partition coefficient (Wildman–Crippen LogP) is 2.12. The molecule has 0 spiro atoms. The van der Waals surface area contributed by atoms with Crippen molar-refractivity contribution in [3.8, 4) is 0 Å². The molecule has 88 valence electrons. The number of aryl methyl sites for hydroxylation is 1. The number of benzene rings is 1. The highest BCUT2D eigenvalue weighted by Crippen LogP contribution is 2.18. The standard InChI is InChI=1S/C14H21NO/c16-14-10-4-9-13(14)15-11-5-8-12-6-2-1-3-7-12/h1-3,6-7,13-16H,4-5,8-11H2. The average molecular weight is 219 g/mol. The van der Waals surface area contributed by atoms with Gasteiger partial charge in [-0.25, -0.2) is 0 Å². The van der Waals surface area contributed by atoms with E-state index >= 15 is 0 Å². The normalized spacial score (nSPS) is 24.8. The van der Waals surface area contributed by atoms with Gasteiger partial charge < -0.3 is 10.4 Å². The first-order chi connectivity index (χ1) is 7.86. The highest BCUT2D eigenvalue weighted by molar-refractivity contribution is 5.14. The molecule has 0 radical (unpaired) electrons. The molecule has 2 nitrogen and oxygen atoms in total. The largest absolute Gasteiger partial charge is 0.392 e. The van der Waals surface area contributed by atoms with Crippen LogP contribution in [0.15, 0.2) is 30.3 Å². The number of nitrogens with one attached hydrogen (secondary N) is 1. The summed E-state index contributed by atoms with van der Waals surface area (Å²) in [4.78, 5) is 0. The first-order valence-corrected chi connectivity index (χ1v) is 6.31. The quantitative estimate of drug-likeness (QED) is 0.744. The molecule has 0 saturated heterocycles. The lowest BCUT2D eigenvalue weighted by Gasteiger charge is -2.16. The third kappa shape index (κ3) is 3.32. The lowest BCUT2D eigenvalue weighted by atomic mass is 10.1. The summed E-state index contributed by atoms with van der Waals surface area (Å²) in [5.41, 5.74) is 1.40. The molecule has 1 aromatic rings. The van der Waals surface area contributed by atoms with Crippen LogP contribution in [0.4, 0.5) is 0 Å². The van der Waals surface area contributed by atoms with Gasteiger partial charge in [-0.1, -0.05) is 30.3 Å². The lowest BCUT2D eigenvalue weighted by molar-refractivity contribution is 0.149. The average Bonchev–Trinajstić information content (AvgIpc) is 2.72. The molecule has 0 aromatic heterocycles.